The lowest BCUT2D eigenvalue weighted by Crippen LogP contribution is -2.47. The van der Waals surface area contributed by atoms with E-state index in [1.807, 2.05) is 0 Å². The number of hydrogen-bond donors (Lipinski definition) is 1. The van der Waals surface area contributed by atoms with E-state index in [2.05, 4.69) is 10.1 Å². The average Bonchev–Trinajstić information content (AvgIpc) is 2.61. The molecule has 0 saturated heterocycles. The second-order valence-corrected chi connectivity index (χ2v) is 5.66. The number of aromatic nitrogens is 1. The van der Waals surface area contributed by atoms with Crippen molar-refractivity contribution in [2.24, 2.45) is 10.9 Å². The van der Waals surface area contributed by atoms with Crippen LogP contribution in [0.15, 0.2) is 53.8 Å². The number of nitrogens with two attached hydrogens (primary N) is 1. The van der Waals surface area contributed by atoms with Gasteiger partial charge in [0, 0.05) is 18.3 Å². The highest BCUT2D eigenvalue weighted by Gasteiger charge is 2.38. The molecule has 2 N–H and O–H groups in total. The summed E-state index contributed by atoms with van der Waals surface area (Å²) in [6.45, 7) is 1.70. The Hall–Kier alpha value is -2.61. The smallest absolute Gasteiger partial charge is 0.379 e. The van der Waals surface area contributed by atoms with Crippen molar-refractivity contribution in [3.05, 3.63) is 65.5 Å². The summed E-state index contributed by atoms with van der Waals surface area (Å²) < 4.78 is 38.2. The van der Waals surface area contributed by atoms with E-state index in [9.17, 15) is 18.0 Å². The fourth-order valence-electron chi connectivity index (χ4n) is 2.31. The summed E-state index contributed by atoms with van der Waals surface area (Å²) >= 11 is 0. The first-order chi connectivity index (χ1) is 12.3. The molecular weight excluding hydrogens is 383 g/mol. The summed E-state index contributed by atoms with van der Waals surface area (Å²) in [4.78, 5) is 21.4. The molecule has 0 fully saturated rings. The number of oxime groups is 1. The maximum Gasteiger partial charge on any atom is 0.416 e. The zero-order valence-electron chi connectivity index (χ0n) is 14.4. The van der Waals surface area contributed by atoms with Gasteiger partial charge < -0.3 is 10.6 Å². The third-order valence-corrected chi connectivity index (χ3v) is 3.86. The van der Waals surface area contributed by atoms with Crippen LogP contribution in [0.4, 0.5) is 13.2 Å². The number of rotatable bonds is 7. The van der Waals surface area contributed by atoms with Gasteiger partial charge in [-0.2, -0.15) is 13.2 Å². The van der Waals surface area contributed by atoms with E-state index < -0.39 is 23.2 Å². The van der Waals surface area contributed by atoms with Crippen LogP contribution in [0.1, 0.15) is 30.2 Å². The molecule has 1 atom stereocenters. The van der Waals surface area contributed by atoms with Crippen LogP contribution in [0.5, 0.6) is 0 Å². The van der Waals surface area contributed by atoms with Gasteiger partial charge in [0.15, 0.2) is 0 Å². The van der Waals surface area contributed by atoms with Crippen molar-refractivity contribution in [1.82, 2.24) is 4.98 Å². The molecule has 2 aromatic rings. The Labute approximate surface area is 160 Å². The van der Waals surface area contributed by atoms with Crippen LogP contribution in [0, 0.1) is 0 Å². The van der Waals surface area contributed by atoms with Gasteiger partial charge in [0.05, 0.1) is 11.8 Å². The van der Waals surface area contributed by atoms with Crippen LogP contribution >= 0.6 is 12.4 Å². The van der Waals surface area contributed by atoms with E-state index in [0.717, 1.165) is 18.3 Å². The van der Waals surface area contributed by atoms with Crippen molar-refractivity contribution in [2.75, 3.05) is 0 Å². The van der Waals surface area contributed by atoms with Gasteiger partial charge in [-0.05, 0) is 36.2 Å². The van der Waals surface area contributed by atoms with E-state index in [0.29, 0.717) is 5.69 Å². The fourth-order valence-corrected chi connectivity index (χ4v) is 2.31. The van der Waals surface area contributed by atoms with E-state index in [4.69, 9.17) is 10.6 Å². The molecule has 1 heterocycles. The number of hydrogen-bond acceptors (Lipinski definition) is 4. The number of pyridine rings is 1. The van der Waals surface area contributed by atoms with Gasteiger partial charge in [-0.25, -0.2) is 0 Å². The molecule has 0 aliphatic heterocycles. The molecular formula is C18H19ClF3N3O2. The molecule has 0 radical (unpaired) electrons. The topological polar surface area (TPSA) is 77.6 Å². The highest BCUT2D eigenvalue weighted by Crippen LogP contribution is 2.29. The molecule has 1 unspecified atom stereocenters. The summed E-state index contributed by atoms with van der Waals surface area (Å²) in [7, 11) is 0. The highest BCUT2D eigenvalue weighted by molar-refractivity contribution is 5.85. The number of halogens is 4. The molecule has 1 amide bonds. The van der Waals surface area contributed by atoms with E-state index >= 15 is 0 Å². The van der Waals surface area contributed by atoms with Gasteiger partial charge in [-0.1, -0.05) is 30.3 Å². The maximum absolute atomic E-state index is 12.7. The first-order valence-corrected chi connectivity index (χ1v) is 7.85. The monoisotopic (exact) mass is 401 g/mol. The number of carbonyl (C=O) groups is 1. The van der Waals surface area contributed by atoms with Crippen molar-refractivity contribution in [3.8, 4) is 0 Å². The molecule has 0 aliphatic carbocycles. The summed E-state index contributed by atoms with van der Waals surface area (Å²) in [6.07, 6.45) is -1.45. The highest BCUT2D eigenvalue weighted by atomic mass is 35.5. The first kappa shape index (κ1) is 22.4. The number of nitrogens with zero attached hydrogens (tertiary/aromatic N) is 2. The molecule has 146 valence electrons. The molecule has 0 spiro atoms. The Bertz CT molecular complexity index is 785. The maximum atomic E-state index is 12.7. The lowest BCUT2D eigenvalue weighted by molar-refractivity contribution is -0.144. The van der Waals surface area contributed by atoms with Gasteiger partial charge in [0.25, 0.3) is 5.91 Å². The lowest BCUT2D eigenvalue weighted by atomic mass is 9.93. The minimum absolute atomic E-state index is 0. The lowest BCUT2D eigenvalue weighted by Gasteiger charge is -2.26. The molecule has 0 saturated carbocycles. The van der Waals surface area contributed by atoms with Crippen molar-refractivity contribution < 1.29 is 22.8 Å². The van der Waals surface area contributed by atoms with Crippen LogP contribution in [-0.2, 0) is 22.2 Å². The predicted octanol–water partition coefficient (Wildman–Crippen LogP) is 3.75. The number of amides is 1. The van der Waals surface area contributed by atoms with Crippen LogP contribution in [-0.4, -0.2) is 22.7 Å². The standard InChI is InChI=1S/C18H18F3N3O2.ClH/c1-2-17(16(22)25,11-15-8-3-4-9-23-15)26-24-12-13-6-5-7-14(10-13)18(19,20)21;/h3-10,12H,2,11H2,1H3,(H2,22,25);1H. The van der Waals surface area contributed by atoms with Crippen LogP contribution in [0.3, 0.4) is 0 Å². The van der Waals surface area contributed by atoms with Crippen molar-refractivity contribution in [1.29, 1.82) is 0 Å². The molecule has 27 heavy (non-hydrogen) atoms. The number of carbonyl (C=O) groups excluding carboxylic acids is 1. The summed E-state index contributed by atoms with van der Waals surface area (Å²) in [5.41, 5.74) is 4.01. The largest absolute Gasteiger partial charge is 0.416 e. The number of primary amides is 1. The molecule has 1 aromatic carbocycles. The Balaban J connectivity index is 0.00000364. The molecule has 5 nitrogen and oxygen atoms in total. The Morgan fingerprint density at radius 3 is 2.56 bits per heavy atom. The normalized spacial score (nSPS) is 13.6. The van der Waals surface area contributed by atoms with Crippen molar-refractivity contribution >= 4 is 24.5 Å². The quantitative estimate of drug-likeness (QED) is 0.567. The Morgan fingerprint density at radius 2 is 2.00 bits per heavy atom. The average molecular weight is 402 g/mol. The second kappa shape index (κ2) is 9.36. The molecule has 9 heteroatoms. The van der Waals surface area contributed by atoms with E-state index in [-0.39, 0.29) is 30.8 Å². The Kier molecular flexibility index (Phi) is 7.78. The summed E-state index contributed by atoms with van der Waals surface area (Å²) in [6, 6.07) is 9.80. The van der Waals surface area contributed by atoms with Gasteiger partial charge in [-0.3, -0.25) is 9.78 Å². The van der Waals surface area contributed by atoms with Gasteiger partial charge in [-0.15, -0.1) is 12.4 Å². The SMILES string of the molecule is CCC(Cc1ccccn1)(ON=Cc1cccc(C(F)(F)F)c1)C(N)=O.Cl. The molecule has 1 aromatic heterocycles. The molecule has 2 rings (SSSR count). The van der Waals surface area contributed by atoms with Crippen molar-refractivity contribution in [2.45, 2.75) is 31.5 Å². The van der Waals surface area contributed by atoms with Gasteiger partial charge in [0.2, 0.25) is 5.60 Å². The molecule has 0 bridgehead atoms. The Morgan fingerprint density at radius 1 is 1.26 bits per heavy atom. The van der Waals surface area contributed by atoms with E-state index in [1.54, 1.807) is 31.3 Å². The van der Waals surface area contributed by atoms with Crippen LogP contribution in [0.2, 0.25) is 0 Å². The minimum Gasteiger partial charge on any atom is -0.379 e. The van der Waals surface area contributed by atoms with Gasteiger partial charge in [0.1, 0.15) is 0 Å². The van der Waals surface area contributed by atoms with Crippen LogP contribution < -0.4 is 5.73 Å². The zero-order chi connectivity index (χ0) is 19.2. The zero-order valence-corrected chi connectivity index (χ0v) is 15.3. The van der Waals surface area contributed by atoms with Crippen LogP contribution in [0.25, 0.3) is 0 Å². The summed E-state index contributed by atoms with van der Waals surface area (Å²) in [5.74, 6) is -0.730. The summed E-state index contributed by atoms with van der Waals surface area (Å²) in [5, 5.41) is 3.70. The second-order valence-electron chi connectivity index (χ2n) is 5.66. The third-order valence-electron chi connectivity index (χ3n) is 3.86. The first-order valence-electron chi connectivity index (χ1n) is 7.85. The van der Waals surface area contributed by atoms with E-state index in [1.165, 1.54) is 12.1 Å². The minimum atomic E-state index is -4.45. The number of benzene rings is 1. The predicted molar refractivity (Wildman–Crippen MR) is 97.5 cm³/mol. The number of alkyl halides is 3. The van der Waals surface area contributed by atoms with Crippen molar-refractivity contribution in [3.63, 3.8) is 0 Å². The third kappa shape index (κ3) is 5.96. The van der Waals surface area contributed by atoms with Gasteiger partial charge >= 0.3 is 6.18 Å². The fraction of sp³-hybridized carbons (Fsp3) is 0.278. The molecule has 0 aliphatic rings.